The molecule has 2 aromatic heterocycles. The van der Waals surface area contributed by atoms with Crippen LogP contribution >= 0.6 is 0 Å². The maximum Gasteiger partial charge on any atom is 0.338 e. The van der Waals surface area contributed by atoms with Gasteiger partial charge in [-0.15, -0.1) is 0 Å². The number of aromatic nitrogens is 4. The van der Waals surface area contributed by atoms with Crippen LogP contribution in [-0.4, -0.2) is 61.9 Å². The summed E-state index contributed by atoms with van der Waals surface area (Å²) in [6, 6.07) is -0.182. The van der Waals surface area contributed by atoms with E-state index >= 15 is 0 Å². The molecule has 2 aliphatic rings. The second-order valence-electron chi connectivity index (χ2n) is 7.29. The van der Waals surface area contributed by atoms with E-state index < -0.39 is 5.69 Å². The van der Waals surface area contributed by atoms with Gasteiger partial charge in [0, 0.05) is 13.7 Å². The van der Waals surface area contributed by atoms with E-state index in [4.69, 9.17) is 9.47 Å². The highest BCUT2D eigenvalue weighted by molar-refractivity contribution is 5.88. The summed E-state index contributed by atoms with van der Waals surface area (Å²) in [6.45, 7) is 5.51. The highest BCUT2D eigenvalue weighted by Gasteiger charge is 2.35. The molecule has 4 rings (SSSR count). The lowest BCUT2D eigenvalue weighted by Gasteiger charge is -2.38. The summed E-state index contributed by atoms with van der Waals surface area (Å²) in [5.74, 6) is 0.694. The SMILES string of the molecule is CC(C)Oc1ncc2c(n1)n(C)c(=O)n2C(=O)N1CC(OCC2CC2)C1. The predicted octanol–water partition coefficient (Wildman–Crippen LogP) is 0.996. The Morgan fingerprint density at radius 1 is 1.35 bits per heavy atom. The van der Waals surface area contributed by atoms with Crippen molar-refractivity contribution in [3.8, 4) is 6.01 Å². The minimum absolute atomic E-state index is 0.0625. The zero-order chi connectivity index (χ0) is 18.4. The van der Waals surface area contributed by atoms with Crippen LogP contribution in [0.1, 0.15) is 26.7 Å². The summed E-state index contributed by atoms with van der Waals surface area (Å²) < 4.78 is 13.7. The Morgan fingerprint density at radius 2 is 2.08 bits per heavy atom. The van der Waals surface area contributed by atoms with Gasteiger partial charge in [-0.05, 0) is 32.6 Å². The minimum Gasteiger partial charge on any atom is -0.461 e. The molecule has 1 aliphatic heterocycles. The Morgan fingerprint density at radius 3 is 2.73 bits per heavy atom. The molecule has 1 saturated heterocycles. The Kier molecular flexibility index (Phi) is 4.18. The summed E-state index contributed by atoms with van der Waals surface area (Å²) in [6.07, 6.45) is 3.92. The molecular formula is C17H23N5O4. The average Bonchev–Trinajstić information content (AvgIpc) is 3.33. The number of ether oxygens (including phenoxy) is 2. The van der Waals surface area contributed by atoms with Gasteiger partial charge in [-0.1, -0.05) is 0 Å². The highest BCUT2D eigenvalue weighted by atomic mass is 16.5. The number of hydrogen-bond acceptors (Lipinski definition) is 6. The van der Waals surface area contributed by atoms with E-state index in [1.165, 1.54) is 23.6 Å². The number of rotatable bonds is 5. The van der Waals surface area contributed by atoms with Gasteiger partial charge in [0.1, 0.15) is 5.52 Å². The molecule has 0 spiro atoms. The van der Waals surface area contributed by atoms with Crippen LogP contribution in [0.25, 0.3) is 11.2 Å². The lowest BCUT2D eigenvalue weighted by Crippen LogP contribution is -2.57. The van der Waals surface area contributed by atoms with Gasteiger partial charge in [0.15, 0.2) is 5.65 Å². The summed E-state index contributed by atoms with van der Waals surface area (Å²) in [5.41, 5.74) is 0.306. The maximum atomic E-state index is 12.8. The molecular weight excluding hydrogens is 338 g/mol. The van der Waals surface area contributed by atoms with Crippen molar-refractivity contribution in [1.82, 2.24) is 24.0 Å². The van der Waals surface area contributed by atoms with Crippen LogP contribution in [0, 0.1) is 5.92 Å². The Labute approximate surface area is 150 Å². The predicted molar refractivity (Wildman–Crippen MR) is 93.4 cm³/mol. The summed E-state index contributed by atoms with van der Waals surface area (Å²) in [7, 11) is 1.58. The van der Waals surface area contributed by atoms with E-state index in [0.29, 0.717) is 30.2 Å². The van der Waals surface area contributed by atoms with Crippen LogP contribution in [-0.2, 0) is 11.8 Å². The lowest BCUT2D eigenvalue weighted by atomic mass is 10.2. The largest absolute Gasteiger partial charge is 0.461 e. The zero-order valence-electron chi connectivity index (χ0n) is 15.2. The van der Waals surface area contributed by atoms with Crippen molar-refractivity contribution in [2.45, 2.75) is 38.9 Å². The minimum atomic E-state index is -0.441. The third-order valence-electron chi connectivity index (χ3n) is 4.68. The van der Waals surface area contributed by atoms with Crippen molar-refractivity contribution in [2.75, 3.05) is 19.7 Å². The van der Waals surface area contributed by atoms with Gasteiger partial charge in [0.05, 0.1) is 31.5 Å². The zero-order valence-corrected chi connectivity index (χ0v) is 15.2. The molecule has 0 bridgehead atoms. The van der Waals surface area contributed by atoms with Crippen LogP contribution in [0.5, 0.6) is 6.01 Å². The van der Waals surface area contributed by atoms with Crippen LogP contribution in [0.4, 0.5) is 4.79 Å². The number of imidazole rings is 1. The molecule has 0 aromatic carbocycles. The van der Waals surface area contributed by atoms with Crippen molar-refractivity contribution in [1.29, 1.82) is 0 Å². The van der Waals surface area contributed by atoms with Crippen LogP contribution < -0.4 is 10.4 Å². The molecule has 3 heterocycles. The number of hydrogen-bond donors (Lipinski definition) is 0. The number of fused-ring (bicyclic) bond motifs is 1. The number of likely N-dealkylation sites (tertiary alicyclic amines) is 1. The first kappa shape index (κ1) is 17.0. The molecule has 0 radical (unpaired) electrons. The molecule has 1 amide bonds. The molecule has 0 N–H and O–H groups in total. The first-order valence-corrected chi connectivity index (χ1v) is 8.96. The molecule has 2 aromatic rings. The number of aryl methyl sites for hydroxylation is 1. The first-order chi connectivity index (χ1) is 12.4. The number of amides is 1. The van der Waals surface area contributed by atoms with E-state index in [2.05, 4.69) is 9.97 Å². The lowest BCUT2D eigenvalue weighted by molar-refractivity contribution is -0.0391. The van der Waals surface area contributed by atoms with Crippen LogP contribution in [0.3, 0.4) is 0 Å². The summed E-state index contributed by atoms with van der Waals surface area (Å²) in [4.78, 5) is 35.3. The van der Waals surface area contributed by atoms with E-state index in [9.17, 15) is 9.59 Å². The molecule has 0 atom stereocenters. The van der Waals surface area contributed by atoms with E-state index in [-0.39, 0.29) is 24.2 Å². The fraction of sp³-hybridized carbons (Fsp3) is 0.647. The average molecular weight is 361 g/mol. The van der Waals surface area contributed by atoms with Gasteiger partial charge in [-0.25, -0.2) is 19.1 Å². The third-order valence-corrected chi connectivity index (χ3v) is 4.68. The fourth-order valence-corrected chi connectivity index (χ4v) is 2.95. The van der Waals surface area contributed by atoms with Gasteiger partial charge in [-0.2, -0.15) is 4.98 Å². The van der Waals surface area contributed by atoms with Gasteiger partial charge in [0.2, 0.25) is 0 Å². The smallest absolute Gasteiger partial charge is 0.338 e. The number of nitrogens with zero attached hydrogens (tertiary/aromatic N) is 5. The van der Waals surface area contributed by atoms with E-state index in [1.807, 2.05) is 13.8 Å². The van der Waals surface area contributed by atoms with E-state index in [0.717, 1.165) is 11.2 Å². The Balaban J connectivity index is 1.53. The van der Waals surface area contributed by atoms with Gasteiger partial charge in [0.25, 0.3) is 0 Å². The van der Waals surface area contributed by atoms with Crippen molar-refractivity contribution in [2.24, 2.45) is 13.0 Å². The molecule has 140 valence electrons. The fourth-order valence-electron chi connectivity index (χ4n) is 2.95. The Hall–Kier alpha value is -2.42. The van der Waals surface area contributed by atoms with Crippen LogP contribution in [0.2, 0.25) is 0 Å². The maximum absolute atomic E-state index is 12.8. The second-order valence-corrected chi connectivity index (χ2v) is 7.29. The van der Waals surface area contributed by atoms with Gasteiger partial charge in [-0.3, -0.25) is 4.57 Å². The van der Waals surface area contributed by atoms with Crippen molar-refractivity contribution < 1.29 is 14.3 Å². The normalized spacial score (nSPS) is 17.8. The first-order valence-electron chi connectivity index (χ1n) is 8.96. The Bertz CT molecular complexity index is 892. The third kappa shape index (κ3) is 3.07. The standard InChI is InChI=1S/C17H23N5O4/c1-10(2)26-15-18-6-13-14(19-15)20(3)16(23)22(13)17(24)21-7-12(8-21)25-9-11-4-5-11/h6,10-12H,4-5,7-9H2,1-3H3. The summed E-state index contributed by atoms with van der Waals surface area (Å²) in [5, 5.41) is 0. The topological polar surface area (TPSA) is 91.5 Å². The van der Waals surface area contributed by atoms with Crippen molar-refractivity contribution in [3.05, 3.63) is 16.7 Å². The molecule has 2 fully saturated rings. The van der Waals surface area contributed by atoms with Crippen molar-refractivity contribution >= 4 is 17.2 Å². The molecule has 9 nitrogen and oxygen atoms in total. The van der Waals surface area contributed by atoms with E-state index in [1.54, 1.807) is 11.9 Å². The molecule has 0 unspecified atom stereocenters. The molecule has 9 heteroatoms. The number of carbonyl (C=O) groups excluding carboxylic acids is 1. The van der Waals surface area contributed by atoms with Crippen molar-refractivity contribution in [3.63, 3.8) is 0 Å². The molecule has 1 saturated carbocycles. The van der Waals surface area contributed by atoms with Crippen LogP contribution in [0.15, 0.2) is 11.0 Å². The molecule has 26 heavy (non-hydrogen) atoms. The summed E-state index contributed by atoms with van der Waals surface area (Å²) >= 11 is 0. The molecule has 1 aliphatic carbocycles. The monoisotopic (exact) mass is 361 g/mol. The number of carbonyl (C=O) groups is 1. The highest BCUT2D eigenvalue weighted by Crippen LogP contribution is 2.30. The quantitative estimate of drug-likeness (QED) is 0.789. The van der Waals surface area contributed by atoms with Gasteiger partial charge < -0.3 is 14.4 Å². The second kappa shape index (κ2) is 6.39. The van der Waals surface area contributed by atoms with Gasteiger partial charge >= 0.3 is 17.7 Å².